The average molecular weight is 298 g/mol. The molecule has 0 unspecified atom stereocenters. The van der Waals surface area contributed by atoms with E-state index in [0.29, 0.717) is 12.0 Å². The van der Waals surface area contributed by atoms with Gasteiger partial charge in [-0.3, -0.25) is 4.90 Å². The number of nitrogens with one attached hydrogen (secondary N) is 1. The molecule has 1 aliphatic heterocycles. The van der Waals surface area contributed by atoms with Crippen molar-refractivity contribution in [2.45, 2.75) is 32.9 Å². The molecule has 0 radical (unpaired) electrons. The largest absolute Gasteiger partial charge is 0.315 e. The van der Waals surface area contributed by atoms with Gasteiger partial charge in [-0.05, 0) is 36.6 Å². The van der Waals surface area contributed by atoms with Gasteiger partial charge in [0.05, 0.1) is 5.69 Å². The maximum Gasteiger partial charge on any atom is 0.0690 e. The predicted molar refractivity (Wildman–Crippen MR) is 90.1 cm³/mol. The second kappa shape index (κ2) is 7.07. The second-order valence-electron chi connectivity index (χ2n) is 6.55. The van der Waals surface area contributed by atoms with Gasteiger partial charge in [0.2, 0.25) is 0 Å². The van der Waals surface area contributed by atoms with E-state index in [9.17, 15) is 0 Å². The van der Waals surface area contributed by atoms with Crippen molar-refractivity contribution in [2.75, 3.05) is 19.6 Å². The molecular weight excluding hydrogens is 272 g/mol. The fourth-order valence-corrected chi connectivity index (χ4v) is 3.26. The highest BCUT2D eigenvalue weighted by molar-refractivity contribution is 5.40. The molecule has 1 fully saturated rings. The summed E-state index contributed by atoms with van der Waals surface area (Å²) in [5.74, 6) is 0.678. The monoisotopic (exact) mass is 298 g/mol. The Balaban J connectivity index is 1.83. The lowest BCUT2D eigenvalue weighted by Crippen LogP contribution is -2.39. The van der Waals surface area contributed by atoms with E-state index in [0.717, 1.165) is 26.2 Å². The molecule has 1 atom stereocenters. The van der Waals surface area contributed by atoms with Crippen LogP contribution in [0.25, 0.3) is 5.69 Å². The lowest BCUT2D eigenvalue weighted by Gasteiger charge is -2.30. The Morgan fingerprint density at radius 2 is 2.18 bits per heavy atom. The van der Waals surface area contributed by atoms with E-state index >= 15 is 0 Å². The summed E-state index contributed by atoms with van der Waals surface area (Å²) < 4.78 is 1.97. The van der Waals surface area contributed by atoms with Crippen LogP contribution in [-0.4, -0.2) is 40.4 Å². The molecule has 22 heavy (non-hydrogen) atoms. The molecule has 4 nitrogen and oxygen atoms in total. The van der Waals surface area contributed by atoms with Crippen molar-refractivity contribution >= 4 is 0 Å². The molecule has 118 valence electrons. The highest BCUT2D eigenvalue weighted by Gasteiger charge is 2.23. The SMILES string of the molecule is CC(C)CN(Cc1ccccc1-n1cccn1)[C@H]1CCNC1. The minimum absolute atomic E-state index is 0.646. The van der Waals surface area contributed by atoms with Crippen molar-refractivity contribution < 1.29 is 0 Å². The molecule has 1 N–H and O–H groups in total. The Morgan fingerprint density at radius 3 is 2.86 bits per heavy atom. The summed E-state index contributed by atoms with van der Waals surface area (Å²) in [6, 6.07) is 11.2. The molecule has 2 heterocycles. The first kappa shape index (κ1) is 15.3. The summed E-state index contributed by atoms with van der Waals surface area (Å²) in [5.41, 5.74) is 2.53. The van der Waals surface area contributed by atoms with Gasteiger partial charge in [-0.2, -0.15) is 5.10 Å². The number of aromatic nitrogens is 2. The van der Waals surface area contributed by atoms with Gasteiger partial charge < -0.3 is 5.32 Å². The fourth-order valence-electron chi connectivity index (χ4n) is 3.26. The lowest BCUT2D eigenvalue weighted by atomic mass is 10.1. The first-order valence-electron chi connectivity index (χ1n) is 8.26. The van der Waals surface area contributed by atoms with Crippen LogP contribution >= 0.6 is 0 Å². The van der Waals surface area contributed by atoms with Crippen molar-refractivity contribution in [3.8, 4) is 5.69 Å². The number of hydrogen-bond donors (Lipinski definition) is 1. The maximum atomic E-state index is 4.40. The molecule has 0 spiro atoms. The summed E-state index contributed by atoms with van der Waals surface area (Å²) in [6.07, 6.45) is 5.10. The number of para-hydroxylation sites is 1. The summed E-state index contributed by atoms with van der Waals surface area (Å²) >= 11 is 0. The Labute approximate surface area is 133 Å². The van der Waals surface area contributed by atoms with E-state index in [1.54, 1.807) is 0 Å². The molecule has 2 aromatic rings. The molecule has 0 bridgehead atoms. The Morgan fingerprint density at radius 1 is 1.32 bits per heavy atom. The molecule has 1 aromatic heterocycles. The van der Waals surface area contributed by atoms with Crippen LogP contribution in [0.1, 0.15) is 25.8 Å². The smallest absolute Gasteiger partial charge is 0.0690 e. The van der Waals surface area contributed by atoms with Crippen LogP contribution in [0.15, 0.2) is 42.7 Å². The van der Waals surface area contributed by atoms with Gasteiger partial charge in [0.15, 0.2) is 0 Å². The van der Waals surface area contributed by atoms with Crippen LogP contribution in [0.2, 0.25) is 0 Å². The highest BCUT2D eigenvalue weighted by atomic mass is 15.3. The van der Waals surface area contributed by atoms with Gasteiger partial charge in [0.1, 0.15) is 0 Å². The molecule has 0 aliphatic carbocycles. The van der Waals surface area contributed by atoms with Crippen LogP contribution in [-0.2, 0) is 6.54 Å². The van der Waals surface area contributed by atoms with E-state index in [1.165, 1.54) is 17.7 Å². The molecule has 1 saturated heterocycles. The number of benzene rings is 1. The molecule has 1 aromatic carbocycles. The zero-order chi connectivity index (χ0) is 15.4. The average Bonchev–Trinajstić information content (AvgIpc) is 3.20. The van der Waals surface area contributed by atoms with Gasteiger partial charge in [-0.25, -0.2) is 4.68 Å². The predicted octanol–water partition coefficient (Wildman–Crippen LogP) is 2.69. The summed E-state index contributed by atoms with van der Waals surface area (Å²) in [5, 5.41) is 7.89. The van der Waals surface area contributed by atoms with Crippen molar-refractivity contribution in [1.29, 1.82) is 0 Å². The van der Waals surface area contributed by atoms with Gasteiger partial charge in [-0.15, -0.1) is 0 Å². The Bertz CT molecular complexity index is 571. The van der Waals surface area contributed by atoms with E-state index in [-0.39, 0.29) is 0 Å². The number of nitrogens with zero attached hydrogens (tertiary/aromatic N) is 3. The van der Waals surface area contributed by atoms with E-state index < -0.39 is 0 Å². The highest BCUT2D eigenvalue weighted by Crippen LogP contribution is 2.20. The van der Waals surface area contributed by atoms with Crippen LogP contribution in [0.3, 0.4) is 0 Å². The minimum Gasteiger partial charge on any atom is -0.315 e. The van der Waals surface area contributed by atoms with Crippen molar-refractivity contribution in [3.63, 3.8) is 0 Å². The van der Waals surface area contributed by atoms with Gasteiger partial charge in [0.25, 0.3) is 0 Å². The minimum atomic E-state index is 0.646. The van der Waals surface area contributed by atoms with E-state index in [2.05, 4.69) is 53.4 Å². The van der Waals surface area contributed by atoms with Crippen molar-refractivity contribution in [1.82, 2.24) is 20.0 Å². The van der Waals surface area contributed by atoms with Crippen LogP contribution in [0.5, 0.6) is 0 Å². The molecular formula is C18H26N4. The summed E-state index contributed by atoms with van der Waals surface area (Å²) in [7, 11) is 0. The van der Waals surface area contributed by atoms with Crippen LogP contribution < -0.4 is 5.32 Å². The standard InChI is InChI=1S/C18H26N4/c1-15(2)13-21(17-8-10-19-12-17)14-16-6-3-4-7-18(16)22-11-5-9-20-22/h3-7,9,11,15,17,19H,8,10,12-14H2,1-2H3/t17-/m0/s1. The van der Waals surface area contributed by atoms with Crippen molar-refractivity contribution in [2.24, 2.45) is 5.92 Å². The zero-order valence-corrected chi connectivity index (χ0v) is 13.6. The third kappa shape index (κ3) is 3.57. The Kier molecular flexibility index (Phi) is 4.90. The van der Waals surface area contributed by atoms with Crippen LogP contribution in [0, 0.1) is 5.92 Å². The first-order valence-corrected chi connectivity index (χ1v) is 8.26. The van der Waals surface area contributed by atoms with Crippen molar-refractivity contribution in [3.05, 3.63) is 48.3 Å². The third-order valence-corrected chi connectivity index (χ3v) is 4.27. The lowest BCUT2D eigenvalue weighted by molar-refractivity contribution is 0.177. The molecule has 1 aliphatic rings. The van der Waals surface area contributed by atoms with Gasteiger partial charge >= 0.3 is 0 Å². The second-order valence-corrected chi connectivity index (χ2v) is 6.55. The van der Waals surface area contributed by atoms with Crippen LogP contribution in [0.4, 0.5) is 0 Å². The van der Waals surface area contributed by atoms with Gasteiger partial charge in [0, 0.05) is 38.1 Å². The summed E-state index contributed by atoms with van der Waals surface area (Å²) in [6.45, 7) is 8.97. The van der Waals surface area contributed by atoms with E-state index in [4.69, 9.17) is 0 Å². The number of hydrogen-bond acceptors (Lipinski definition) is 3. The Hall–Kier alpha value is -1.65. The molecule has 0 saturated carbocycles. The molecule has 0 amide bonds. The maximum absolute atomic E-state index is 4.40. The quantitative estimate of drug-likeness (QED) is 0.890. The fraction of sp³-hybridized carbons (Fsp3) is 0.500. The molecule has 4 heteroatoms. The summed E-state index contributed by atoms with van der Waals surface area (Å²) in [4.78, 5) is 2.63. The first-order chi connectivity index (χ1) is 10.7. The zero-order valence-electron chi connectivity index (χ0n) is 13.6. The number of rotatable bonds is 6. The normalized spacial score (nSPS) is 18.5. The molecule has 3 rings (SSSR count). The third-order valence-electron chi connectivity index (χ3n) is 4.27. The topological polar surface area (TPSA) is 33.1 Å². The van der Waals surface area contributed by atoms with E-state index in [1.807, 2.05) is 23.1 Å². The van der Waals surface area contributed by atoms with Gasteiger partial charge in [-0.1, -0.05) is 32.0 Å².